The van der Waals surface area contributed by atoms with Crippen molar-refractivity contribution in [1.29, 1.82) is 0 Å². The molecule has 4 heteroatoms. The van der Waals surface area contributed by atoms with Crippen molar-refractivity contribution in [2.45, 2.75) is 53.1 Å². The Hall–Kier alpha value is -2.10. The van der Waals surface area contributed by atoms with Gasteiger partial charge in [-0.25, -0.2) is 9.79 Å². The lowest BCUT2D eigenvalue weighted by molar-refractivity contribution is 0.0366. The lowest BCUT2D eigenvalue weighted by atomic mass is 9.98. The van der Waals surface area contributed by atoms with Crippen molar-refractivity contribution in [3.8, 4) is 0 Å². The van der Waals surface area contributed by atoms with E-state index in [2.05, 4.69) is 24.9 Å². The number of allylic oxidation sites excluding steroid dienone is 1. The van der Waals surface area contributed by atoms with Crippen LogP contribution < -0.4 is 0 Å². The second kappa shape index (κ2) is 8.13. The van der Waals surface area contributed by atoms with Gasteiger partial charge < -0.3 is 9.64 Å². The third kappa shape index (κ3) is 4.70. The molecule has 0 heterocycles. The minimum Gasteiger partial charge on any atom is -0.455 e. The fourth-order valence-electron chi connectivity index (χ4n) is 2.76. The number of nitrogens with zero attached hydrogens (tertiary/aromatic N) is 2. The summed E-state index contributed by atoms with van der Waals surface area (Å²) in [5.41, 5.74) is 4.69. The number of benzene rings is 1. The van der Waals surface area contributed by atoms with Crippen LogP contribution >= 0.6 is 0 Å². The topological polar surface area (TPSA) is 41.9 Å². The first-order chi connectivity index (χ1) is 11.4. The number of ether oxygens (including phenoxy) is 1. The van der Waals surface area contributed by atoms with Crippen LogP contribution in [0.5, 0.6) is 0 Å². The molecule has 1 aliphatic rings. The van der Waals surface area contributed by atoms with Gasteiger partial charge in [0.15, 0.2) is 0 Å². The third-order valence-corrected chi connectivity index (χ3v) is 4.44. The molecule has 1 aromatic rings. The van der Waals surface area contributed by atoms with Gasteiger partial charge in [0.25, 0.3) is 0 Å². The van der Waals surface area contributed by atoms with Gasteiger partial charge in [0.1, 0.15) is 6.10 Å². The molecule has 1 aromatic carbocycles. The van der Waals surface area contributed by atoms with E-state index < -0.39 is 0 Å². The minimum atomic E-state index is -0.243. The average Bonchev–Trinajstić information content (AvgIpc) is 2.54. The Kier molecular flexibility index (Phi) is 6.18. The third-order valence-electron chi connectivity index (χ3n) is 4.44. The lowest BCUT2D eigenvalue weighted by Crippen LogP contribution is -2.19. The summed E-state index contributed by atoms with van der Waals surface area (Å²) in [4.78, 5) is 19.0. The molecule has 0 amide bonds. The van der Waals surface area contributed by atoms with E-state index in [1.165, 1.54) is 5.57 Å². The molecule has 0 aliphatic heterocycles. The highest BCUT2D eigenvalue weighted by molar-refractivity contribution is 5.92. The Morgan fingerprint density at radius 1 is 1.33 bits per heavy atom. The molecular weight excluding hydrogens is 300 g/mol. The average molecular weight is 328 g/mol. The van der Waals surface area contributed by atoms with Gasteiger partial charge >= 0.3 is 5.97 Å². The lowest BCUT2D eigenvalue weighted by Gasteiger charge is -2.20. The Morgan fingerprint density at radius 3 is 2.75 bits per heavy atom. The second-order valence-corrected chi connectivity index (χ2v) is 6.62. The van der Waals surface area contributed by atoms with Gasteiger partial charge in [-0.3, -0.25) is 0 Å². The van der Waals surface area contributed by atoms with Gasteiger partial charge in [-0.15, -0.1) is 0 Å². The number of rotatable bonds is 5. The molecule has 130 valence electrons. The van der Waals surface area contributed by atoms with Gasteiger partial charge in [-0.05, 0) is 76.3 Å². The highest BCUT2D eigenvalue weighted by Gasteiger charge is 2.19. The fraction of sp³-hybridized carbons (Fsp3) is 0.500. The van der Waals surface area contributed by atoms with Crippen molar-refractivity contribution in [3.05, 3.63) is 40.5 Å². The van der Waals surface area contributed by atoms with E-state index in [4.69, 9.17) is 4.74 Å². The van der Waals surface area contributed by atoms with Crippen molar-refractivity contribution < 1.29 is 9.53 Å². The summed E-state index contributed by atoms with van der Waals surface area (Å²) in [7, 11) is 1.98. The molecule has 0 saturated heterocycles. The van der Waals surface area contributed by atoms with Gasteiger partial charge in [0.05, 0.1) is 17.6 Å². The standard InChI is InChI=1S/C20H28N2O2/c1-6-22(5)13-21-19-12-15(3)18(11-16(19)4)20(23)24-17-9-7-8-14(2)10-17/h10-13,17H,6-9H2,1-5H3. The summed E-state index contributed by atoms with van der Waals surface area (Å²) >= 11 is 0. The zero-order valence-electron chi connectivity index (χ0n) is 15.4. The molecule has 0 N–H and O–H groups in total. The molecular formula is C20H28N2O2. The second-order valence-electron chi connectivity index (χ2n) is 6.62. The summed E-state index contributed by atoms with van der Waals surface area (Å²) in [5.74, 6) is -0.243. The molecule has 4 nitrogen and oxygen atoms in total. The van der Waals surface area contributed by atoms with E-state index in [0.717, 1.165) is 42.6 Å². The number of aliphatic imine (C=N–C) groups is 1. The molecule has 0 saturated carbocycles. The predicted octanol–water partition coefficient (Wildman–Crippen LogP) is 4.57. The largest absolute Gasteiger partial charge is 0.455 e. The monoisotopic (exact) mass is 328 g/mol. The molecule has 2 rings (SSSR count). The van der Waals surface area contributed by atoms with Crippen molar-refractivity contribution in [2.24, 2.45) is 4.99 Å². The SMILES string of the molecule is CCN(C)C=Nc1cc(C)c(C(=O)OC2C=C(C)CCC2)cc1C. The maximum atomic E-state index is 12.5. The van der Waals surface area contributed by atoms with E-state index in [1.807, 2.05) is 44.3 Å². The molecule has 1 aliphatic carbocycles. The highest BCUT2D eigenvalue weighted by Crippen LogP contribution is 2.25. The van der Waals surface area contributed by atoms with Crippen LogP contribution in [0.15, 0.2) is 28.8 Å². The van der Waals surface area contributed by atoms with Gasteiger partial charge in [0, 0.05) is 13.6 Å². The van der Waals surface area contributed by atoms with Crippen molar-refractivity contribution in [3.63, 3.8) is 0 Å². The van der Waals surface area contributed by atoms with E-state index in [1.54, 1.807) is 0 Å². The molecule has 1 unspecified atom stereocenters. The first-order valence-electron chi connectivity index (χ1n) is 8.64. The normalized spacial score (nSPS) is 17.7. The Morgan fingerprint density at radius 2 is 2.08 bits per heavy atom. The molecule has 0 aromatic heterocycles. The van der Waals surface area contributed by atoms with E-state index in [9.17, 15) is 4.79 Å². The van der Waals surface area contributed by atoms with Gasteiger partial charge in [-0.2, -0.15) is 0 Å². The van der Waals surface area contributed by atoms with Gasteiger partial charge in [0.2, 0.25) is 0 Å². The smallest absolute Gasteiger partial charge is 0.338 e. The van der Waals surface area contributed by atoms with E-state index >= 15 is 0 Å². The van der Waals surface area contributed by atoms with Crippen LogP contribution in [0.4, 0.5) is 5.69 Å². The van der Waals surface area contributed by atoms with Crippen molar-refractivity contribution in [1.82, 2.24) is 4.90 Å². The maximum absolute atomic E-state index is 12.5. The maximum Gasteiger partial charge on any atom is 0.338 e. The Labute approximate surface area is 145 Å². The molecule has 1 atom stereocenters. The van der Waals surface area contributed by atoms with Crippen LogP contribution in [0.1, 0.15) is 54.6 Å². The van der Waals surface area contributed by atoms with E-state index in [0.29, 0.717) is 5.56 Å². The summed E-state index contributed by atoms with van der Waals surface area (Å²) in [6.07, 6.45) is 6.88. The van der Waals surface area contributed by atoms with Crippen LogP contribution in [0.3, 0.4) is 0 Å². The molecule has 0 fully saturated rings. The number of carbonyl (C=O) groups excluding carboxylic acids is 1. The Bertz CT molecular complexity index is 662. The summed E-state index contributed by atoms with van der Waals surface area (Å²) < 4.78 is 5.68. The van der Waals surface area contributed by atoms with Crippen LogP contribution in [0.25, 0.3) is 0 Å². The Balaban J connectivity index is 2.16. The number of carbonyl (C=O) groups is 1. The fourth-order valence-corrected chi connectivity index (χ4v) is 2.76. The molecule has 24 heavy (non-hydrogen) atoms. The molecule has 0 bridgehead atoms. The van der Waals surface area contributed by atoms with Gasteiger partial charge in [-0.1, -0.05) is 5.57 Å². The summed E-state index contributed by atoms with van der Waals surface area (Å²) in [6.45, 7) is 8.97. The summed E-state index contributed by atoms with van der Waals surface area (Å²) in [6, 6.07) is 3.84. The minimum absolute atomic E-state index is 0.0955. The van der Waals surface area contributed by atoms with Crippen LogP contribution in [-0.4, -0.2) is 36.9 Å². The number of hydrogen-bond acceptors (Lipinski definition) is 3. The quantitative estimate of drug-likeness (QED) is 0.344. The zero-order chi connectivity index (χ0) is 17.7. The van der Waals surface area contributed by atoms with Crippen LogP contribution in [0, 0.1) is 13.8 Å². The number of esters is 1. The first-order valence-corrected chi connectivity index (χ1v) is 8.64. The zero-order valence-corrected chi connectivity index (χ0v) is 15.4. The summed E-state index contributed by atoms with van der Waals surface area (Å²) in [5, 5.41) is 0. The van der Waals surface area contributed by atoms with E-state index in [-0.39, 0.29) is 12.1 Å². The number of aryl methyl sites for hydroxylation is 2. The predicted molar refractivity (Wildman–Crippen MR) is 99.2 cm³/mol. The molecule has 0 spiro atoms. The molecule has 0 radical (unpaired) electrons. The van der Waals surface area contributed by atoms with Crippen LogP contribution in [0.2, 0.25) is 0 Å². The highest BCUT2D eigenvalue weighted by atomic mass is 16.5. The van der Waals surface area contributed by atoms with Crippen molar-refractivity contribution >= 4 is 18.0 Å². The van der Waals surface area contributed by atoms with Crippen LogP contribution in [-0.2, 0) is 4.74 Å². The number of hydrogen-bond donors (Lipinski definition) is 0. The van der Waals surface area contributed by atoms with Crippen molar-refractivity contribution in [2.75, 3.05) is 13.6 Å². The first kappa shape index (κ1) is 18.2.